The molecule has 3 atom stereocenters. The van der Waals surface area contributed by atoms with Gasteiger partial charge in [0.05, 0.1) is 12.7 Å². The molecule has 0 aromatic heterocycles. The minimum atomic E-state index is -0.816. The molecule has 7 nitrogen and oxygen atoms in total. The number of hydrogen-bond acceptors (Lipinski definition) is 6. The Morgan fingerprint density at radius 1 is 1.28 bits per heavy atom. The van der Waals surface area contributed by atoms with Crippen molar-refractivity contribution in [3.8, 4) is 0 Å². The van der Waals surface area contributed by atoms with Crippen LogP contribution in [0.25, 0.3) is 0 Å². The van der Waals surface area contributed by atoms with Gasteiger partial charge in [0.1, 0.15) is 18.7 Å². The Morgan fingerprint density at radius 2 is 1.96 bits per heavy atom. The van der Waals surface area contributed by atoms with Crippen molar-refractivity contribution in [3.63, 3.8) is 0 Å². The molecule has 1 aliphatic heterocycles. The van der Waals surface area contributed by atoms with Gasteiger partial charge in [0.25, 0.3) is 0 Å². The lowest BCUT2D eigenvalue weighted by molar-refractivity contribution is -0.150. The van der Waals surface area contributed by atoms with E-state index in [1.807, 2.05) is 44.2 Å². The van der Waals surface area contributed by atoms with Crippen LogP contribution in [0.15, 0.2) is 30.3 Å². The van der Waals surface area contributed by atoms with Crippen molar-refractivity contribution in [2.24, 2.45) is 5.92 Å². The number of carbonyl (C=O) groups excluding carboxylic acids is 2. The number of nitrogens with one attached hydrogen (secondary N) is 2. The minimum absolute atomic E-state index is 0.154. The van der Waals surface area contributed by atoms with Crippen LogP contribution < -0.4 is 10.6 Å². The van der Waals surface area contributed by atoms with E-state index >= 15 is 0 Å². The van der Waals surface area contributed by atoms with Gasteiger partial charge in [-0.05, 0) is 17.9 Å². The SMILES string of the molecule is CC(C)C[C@H](NC(=O)[C@H](CO)NC1BO1)C(=O)OCc1ccccc1. The summed E-state index contributed by atoms with van der Waals surface area (Å²) in [6.45, 7) is 3.70. The van der Waals surface area contributed by atoms with Gasteiger partial charge in [-0.3, -0.25) is 10.1 Å². The molecule has 0 saturated carbocycles. The Kier molecular flexibility index (Phi) is 7.42. The monoisotopic (exact) mass is 348 g/mol. The first-order valence-corrected chi connectivity index (χ1v) is 8.49. The quantitative estimate of drug-likeness (QED) is 0.310. The first-order valence-electron chi connectivity index (χ1n) is 8.49. The van der Waals surface area contributed by atoms with Crippen molar-refractivity contribution < 1.29 is 24.1 Å². The predicted molar refractivity (Wildman–Crippen MR) is 93.7 cm³/mol. The molecular weight excluding hydrogens is 323 g/mol. The molecule has 1 fully saturated rings. The van der Waals surface area contributed by atoms with E-state index in [0.717, 1.165) is 5.56 Å². The molecule has 136 valence electrons. The molecule has 2 rings (SSSR count). The topological polar surface area (TPSA) is 100 Å². The Bertz CT molecular complexity index is 565. The van der Waals surface area contributed by atoms with E-state index in [1.165, 1.54) is 0 Å². The fourth-order valence-corrected chi connectivity index (χ4v) is 2.37. The molecule has 1 heterocycles. The maximum Gasteiger partial charge on any atom is 0.328 e. The largest absolute Gasteiger partial charge is 0.459 e. The zero-order valence-electron chi connectivity index (χ0n) is 14.6. The van der Waals surface area contributed by atoms with Crippen molar-refractivity contribution in [1.29, 1.82) is 0 Å². The molecule has 1 saturated heterocycles. The highest BCUT2D eigenvalue weighted by molar-refractivity contribution is 6.38. The molecule has 1 unspecified atom stereocenters. The number of carbonyl (C=O) groups is 2. The molecule has 0 aliphatic carbocycles. The van der Waals surface area contributed by atoms with E-state index in [9.17, 15) is 14.7 Å². The summed E-state index contributed by atoms with van der Waals surface area (Å²) in [7, 11) is 0.512. The van der Waals surface area contributed by atoms with E-state index in [2.05, 4.69) is 10.6 Å². The minimum Gasteiger partial charge on any atom is -0.459 e. The normalized spacial score (nSPS) is 18.2. The van der Waals surface area contributed by atoms with Crippen LogP contribution in [-0.2, 0) is 25.6 Å². The van der Waals surface area contributed by atoms with Crippen molar-refractivity contribution in [1.82, 2.24) is 10.6 Å². The number of aliphatic hydroxyl groups is 1. The van der Waals surface area contributed by atoms with Crippen LogP contribution in [0.4, 0.5) is 0 Å². The maximum absolute atomic E-state index is 12.4. The number of amides is 1. The second-order valence-corrected chi connectivity index (χ2v) is 6.51. The van der Waals surface area contributed by atoms with Gasteiger partial charge in [0.2, 0.25) is 5.91 Å². The summed E-state index contributed by atoms with van der Waals surface area (Å²) in [4.78, 5) is 24.7. The summed E-state index contributed by atoms with van der Waals surface area (Å²) in [6.07, 6.45) is 0.244. The van der Waals surface area contributed by atoms with Crippen LogP contribution in [0.5, 0.6) is 0 Å². The van der Waals surface area contributed by atoms with Crippen molar-refractivity contribution in [2.45, 2.75) is 45.1 Å². The van der Waals surface area contributed by atoms with Gasteiger partial charge >= 0.3 is 13.5 Å². The van der Waals surface area contributed by atoms with Gasteiger partial charge in [-0.25, -0.2) is 4.79 Å². The lowest BCUT2D eigenvalue weighted by atomic mass is 10.0. The number of aliphatic hydroxyl groups excluding tert-OH is 1. The summed E-state index contributed by atoms with van der Waals surface area (Å²) in [5.74, 6) is -0.729. The molecule has 1 aliphatic rings. The molecule has 0 radical (unpaired) electrons. The van der Waals surface area contributed by atoms with E-state index in [-0.39, 0.29) is 25.3 Å². The molecule has 25 heavy (non-hydrogen) atoms. The fraction of sp³-hybridized carbons (Fsp3) is 0.529. The van der Waals surface area contributed by atoms with Gasteiger partial charge in [-0.2, -0.15) is 0 Å². The van der Waals surface area contributed by atoms with Gasteiger partial charge in [-0.1, -0.05) is 44.2 Å². The van der Waals surface area contributed by atoms with Crippen LogP contribution in [0.1, 0.15) is 25.8 Å². The van der Waals surface area contributed by atoms with Crippen molar-refractivity contribution in [2.75, 3.05) is 6.61 Å². The molecular formula is C17H25BN2O5. The Labute approximate surface area is 148 Å². The first kappa shape index (κ1) is 19.4. The second-order valence-electron chi connectivity index (χ2n) is 6.51. The molecule has 1 aromatic carbocycles. The first-order chi connectivity index (χ1) is 12.0. The Morgan fingerprint density at radius 3 is 2.52 bits per heavy atom. The van der Waals surface area contributed by atoms with Gasteiger partial charge in [-0.15, -0.1) is 0 Å². The second kappa shape index (κ2) is 9.55. The summed E-state index contributed by atoms with van der Waals surface area (Å²) in [6, 6.07) is 7.78. The number of esters is 1. The summed E-state index contributed by atoms with van der Waals surface area (Å²) in [5, 5.41) is 14.9. The third-order valence-corrected chi connectivity index (χ3v) is 3.75. The van der Waals surface area contributed by atoms with Crippen LogP contribution in [0.3, 0.4) is 0 Å². The van der Waals surface area contributed by atoms with Crippen LogP contribution in [0.2, 0.25) is 0 Å². The number of rotatable bonds is 10. The van der Waals surface area contributed by atoms with Crippen molar-refractivity contribution >= 4 is 19.4 Å². The molecule has 0 spiro atoms. The van der Waals surface area contributed by atoms with Gasteiger partial charge in [0.15, 0.2) is 0 Å². The highest BCUT2D eigenvalue weighted by atomic mass is 16.5. The number of benzene rings is 1. The third kappa shape index (κ3) is 6.85. The maximum atomic E-state index is 12.4. The summed E-state index contributed by atoms with van der Waals surface area (Å²) >= 11 is 0. The average Bonchev–Trinajstić information content (AvgIpc) is 3.41. The van der Waals surface area contributed by atoms with Gasteiger partial charge < -0.3 is 19.8 Å². The molecule has 8 heteroatoms. The van der Waals surface area contributed by atoms with Gasteiger partial charge in [0, 0.05) is 0 Å². The molecule has 3 N–H and O–H groups in total. The van der Waals surface area contributed by atoms with E-state index < -0.39 is 24.0 Å². The van der Waals surface area contributed by atoms with Crippen LogP contribution in [-0.4, -0.2) is 49.3 Å². The van der Waals surface area contributed by atoms with Crippen LogP contribution >= 0.6 is 0 Å². The molecule has 1 amide bonds. The summed E-state index contributed by atoms with van der Waals surface area (Å²) < 4.78 is 10.3. The zero-order valence-corrected chi connectivity index (χ0v) is 14.6. The predicted octanol–water partition coefficient (Wildman–Crippen LogP) is -0.123. The highest BCUT2D eigenvalue weighted by Crippen LogP contribution is 2.10. The summed E-state index contributed by atoms with van der Waals surface area (Å²) in [5.41, 5.74) is 0.881. The lowest BCUT2D eigenvalue weighted by Crippen LogP contribution is -2.53. The highest BCUT2D eigenvalue weighted by Gasteiger charge is 2.33. The molecule has 0 bridgehead atoms. The van der Waals surface area contributed by atoms with E-state index in [0.29, 0.717) is 13.9 Å². The third-order valence-electron chi connectivity index (χ3n) is 3.75. The van der Waals surface area contributed by atoms with Crippen molar-refractivity contribution in [3.05, 3.63) is 35.9 Å². The average molecular weight is 348 g/mol. The zero-order chi connectivity index (χ0) is 18.2. The number of ether oxygens (including phenoxy) is 1. The van der Waals surface area contributed by atoms with Crippen LogP contribution in [0, 0.1) is 5.92 Å². The fourth-order valence-electron chi connectivity index (χ4n) is 2.37. The Balaban J connectivity index is 1.91. The lowest BCUT2D eigenvalue weighted by Gasteiger charge is -2.22. The number of hydrogen-bond donors (Lipinski definition) is 3. The smallest absolute Gasteiger partial charge is 0.328 e. The standard InChI is InChI=1S/C17H25BN2O5/c1-11(2)8-13(16(23)24-10-12-6-4-3-5-7-12)19-15(22)14(9-21)20-17-18-25-17/h3-7,11,13-14,17-18,20-21H,8-10H2,1-2H3,(H,19,22)/t13-,14-,17?/m0/s1. The van der Waals surface area contributed by atoms with E-state index in [1.54, 1.807) is 0 Å². The Hall–Kier alpha value is -1.90. The van der Waals surface area contributed by atoms with E-state index in [4.69, 9.17) is 9.39 Å². The molecule has 1 aromatic rings.